The van der Waals surface area contributed by atoms with Crippen molar-refractivity contribution in [3.63, 3.8) is 0 Å². The van der Waals surface area contributed by atoms with Crippen LogP contribution in [0.3, 0.4) is 0 Å². The number of alkyl halides is 3. The van der Waals surface area contributed by atoms with Gasteiger partial charge in [0.15, 0.2) is 11.4 Å². The molecular formula is C9H6F3N3O3. The molecule has 6 nitrogen and oxygen atoms in total. The topological polar surface area (TPSA) is 98.2 Å². The maximum Gasteiger partial charge on any atom is 0.573 e. The fourth-order valence-electron chi connectivity index (χ4n) is 1.13. The van der Waals surface area contributed by atoms with E-state index in [1.54, 1.807) is 0 Å². The Morgan fingerprint density at radius 3 is 2.61 bits per heavy atom. The number of halogens is 3. The Bertz CT molecular complexity index is 522. The number of nitrogens with zero attached hydrogens (tertiary/aromatic N) is 2. The number of hydrogen-bond acceptors (Lipinski definition) is 6. The first-order valence-electron chi connectivity index (χ1n) is 4.33. The van der Waals surface area contributed by atoms with E-state index in [0.29, 0.717) is 6.07 Å². The van der Waals surface area contributed by atoms with Crippen LogP contribution in [0.2, 0.25) is 0 Å². The van der Waals surface area contributed by atoms with Gasteiger partial charge in [0, 0.05) is 6.07 Å². The summed E-state index contributed by atoms with van der Waals surface area (Å²) < 4.78 is 44.3. The van der Waals surface area contributed by atoms with E-state index in [0.717, 1.165) is 7.11 Å². The summed E-state index contributed by atoms with van der Waals surface area (Å²) in [4.78, 5) is 14.7. The maximum absolute atomic E-state index is 12.1. The van der Waals surface area contributed by atoms with Gasteiger partial charge in [-0.3, -0.25) is 0 Å². The summed E-state index contributed by atoms with van der Waals surface area (Å²) in [5, 5.41) is 8.70. The smallest absolute Gasteiger partial charge is 0.465 e. The molecule has 0 unspecified atom stereocenters. The van der Waals surface area contributed by atoms with Crippen molar-refractivity contribution in [3.8, 4) is 11.8 Å². The number of esters is 1. The van der Waals surface area contributed by atoms with Gasteiger partial charge in [0.1, 0.15) is 17.5 Å². The maximum atomic E-state index is 12.1. The Hall–Kier alpha value is -2.50. The number of anilines is 1. The van der Waals surface area contributed by atoms with Crippen molar-refractivity contribution in [1.82, 2.24) is 4.98 Å². The van der Waals surface area contributed by atoms with Gasteiger partial charge < -0.3 is 15.2 Å². The second-order valence-corrected chi connectivity index (χ2v) is 2.92. The predicted octanol–water partition coefficient (Wildman–Crippen LogP) is 1.22. The third-order valence-electron chi connectivity index (χ3n) is 1.72. The molecule has 0 atom stereocenters. The molecule has 1 rings (SSSR count). The lowest BCUT2D eigenvalue weighted by Crippen LogP contribution is -2.20. The average molecular weight is 261 g/mol. The Balaban J connectivity index is 3.43. The van der Waals surface area contributed by atoms with E-state index in [1.807, 2.05) is 0 Å². The van der Waals surface area contributed by atoms with E-state index in [1.165, 1.54) is 6.07 Å². The number of nitrogen functional groups attached to an aromatic ring is 1. The number of carbonyl (C=O) groups is 1. The Kier molecular flexibility index (Phi) is 3.61. The second kappa shape index (κ2) is 4.79. The van der Waals surface area contributed by atoms with E-state index in [4.69, 9.17) is 11.0 Å². The highest BCUT2D eigenvalue weighted by Crippen LogP contribution is 2.29. The van der Waals surface area contributed by atoms with Crippen LogP contribution in [0, 0.1) is 11.3 Å². The first kappa shape index (κ1) is 13.6. The normalized spacial score (nSPS) is 10.6. The van der Waals surface area contributed by atoms with Gasteiger partial charge in [0.2, 0.25) is 0 Å². The van der Waals surface area contributed by atoms with Crippen LogP contribution in [0.15, 0.2) is 6.07 Å². The zero-order chi connectivity index (χ0) is 13.9. The van der Waals surface area contributed by atoms with Crippen LogP contribution in [0.1, 0.15) is 16.1 Å². The SMILES string of the molecule is COC(=O)c1c(OC(F)(F)F)cc(N)nc1C#N. The number of carbonyl (C=O) groups excluding carboxylic acids is 1. The van der Waals surface area contributed by atoms with Crippen molar-refractivity contribution in [2.45, 2.75) is 6.36 Å². The minimum atomic E-state index is -5.04. The molecular weight excluding hydrogens is 255 g/mol. The molecule has 96 valence electrons. The zero-order valence-corrected chi connectivity index (χ0v) is 8.91. The van der Waals surface area contributed by atoms with Crippen molar-refractivity contribution in [3.05, 3.63) is 17.3 Å². The minimum Gasteiger partial charge on any atom is -0.465 e. The summed E-state index contributed by atoms with van der Waals surface area (Å²) in [5.74, 6) is -2.50. The molecule has 18 heavy (non-hydrogen) atoms. The predicted molar refractivity (Wildman–Crippen MR) is 51.4 cm³/mol. The second-order valence-electron chi connectivity index (χ2n) is 2.92. The quantitative estimate of drug-likeness (QED) is 0.803. The van der Waals surface area contributed by atoms with Crippen molar-refractivity contribution >= 4 is 11.8 Å². The first-order valence-corrected chi connectivity index (χ1v) is 4.33. The number of nitrogens with two attached hydrogens (primary N) is 1. The van der Waals surface area contributed by atoms with Crippen molar-refractivity contribution < 1.29 is 27.4 Å². The van der Waals surface area contributed by atoms with Crippen LogP contribution in [-0.4, -0.2) is 24.4 Å². The molecule has 9 heteroatoms. The Morgan fingerprint density at radius 2 is 2.17 bits per heavy atom. The number of aromatic nitrogens is 1. The number of rotatable bonds is 2. The highest BCUT2D eigenvalue weighted by molar-refractivity contribution is 5.95. The summed E-state index contributed by atoms with van der Waals surface area (Å²) in [6.45, 7) is 0. The molecule has 1 aromatic heterocycles. The van der Waals surface area contributed by atoms with E-state index in [2.05, 4.69) is 14.5 Å². The molecule has 0 amide bonds. The molecule has 0 saturated carbocycles. The fourth-order valence-corrected chi connectivity index (χ4v) is 1.13. The van der Waals surface area contributed by atoms with Gasteiger partial charge in [0.05, 0.1) is 7.11 Å². The van der Waals surface area contributed by atoms with Crippen LogP contribution in [0.4, 0.5) is 19.0 Å². The third kappa shape index (κ3) is 3.00. The van der Waals surface area contributed by atoms with Crippen molar-refractivity contribution in [2.75, 3.05) is 12.8 Å². The van der Waals surface area contributed by atoms with Crippen LogP contribution < -0.4 is 10.5 Å². The van der Waals surface area contributed by atoms with E-state index < -0.39 is 35.2 Å². The summed E-state index contributed by atoms with van der Waals surface area (Å²) in [6, 6.07) is 2.12. The molecule has 0 aliphatic carbocycles. The monoisotopic (exact) mass is 261 g/mol. The molecule has 0 aliphatic heterocycles. The van der Waals surface area contributed by atoms with Gasteiger partial charge in [-0.1, -0.05) is 0 Å². The number of ether oxygens (including phenoxy) is 2. The van der Waals surface area contributed by atoms with Crippen molar-refractivity contribution in [1.29, 1.82) is 5.26 Å². The molecule has 0 saturated heterocycles. The van der Waals surface area contributed by atoms with Gasteiger partial charge in [-0.15, -0.1) is 13.2 Å². The lowest BCUT2D eigenvalue weighted by Gasteiger charge is -2.13. The molecule has 0 aromatic carbocycles. The van der Waals surface area contributed by atoms with Crippen LogP contribution in [0.25, 0.3) is 0 Å². The summed E-state index contributed by atoms with van der Waals surface area (Å²) in [5.41, 5.74) is 3.86. The average Bonchev–Trinajstić information content (AvgIpc) is 2.25. The summed E-state index contributed by atoms with van der Waals surface area (Å²) in [7, 11) is 0.942. The van der Waals surface area contributed by atoms with Crippen molar-refractivity contribution in [2.24, 2.45) is 0 Å². The molecule has 0 spiro atoms. The first-order chi connectivity index (χ1) is 8.28. The molecule has 2 N–H and O–H groups in total. The third-order valence-corrected chi connectivity index (χ3v) is 1.72. The summed E-state index contributed by atoms with van der Waals surface area (Å²) >= 11 is 0. The lowest BCUT2D eigenvalue weighted by atomic mass is 10.2. The standard InChI is InChI=1S/C9H6F3N3O3/c1-17-8(16)7-4(3-13)15-6(14)2-5(7)18-9(10,11)12/h2H,1H3,(H2,14,15). The fraction of sp³-hybridized carbons (Fsp3) is 0.222. The molecule has 0 fully saturated rings. The molecule has 0 aliphatic rings. The van der Waals surface area contributed by atoms with Crippen LogP contribution in [0.5, 0.6) is 5.75 Å². The number of nitriles is 1. The molecule has 0 radical (unpaired) electrons. The molecule has 1 heterocycles. The van der Waals surface area contributed by atoms with E-state index in [9.17, 15) is 18.0 Å². The molecule has 1 aromatic rings. The highest BCUT2D eigenvalue weighted by Gasteiger charge is 2.34. The van der Waals surface area contributed by atoms with Crippen LogP contribution in [-0.2, 0) is 4.74 Å². The minimum absolute atomic E-state index is 0.390. The Labute approximate surface area is 98.7 Å². The van der Waals surface area contributed by atoms with Gasteiger partial charge in [-0.05, 0) is 0 Å². The largest absolute Gasteiger partial charge is 0.573 e. The number of hydrogen-bond donors (Lipinski definition) is 1. The lowest BCUT2D eigenvalue weighted by molar-refractivity contribution is -0.274. The summed E-state index contributed by atoms with van der Waals surface area (Å²) in [6.07, 6.45) is -5.04. The number of methoxy groups -OCH3 is 1. The van der Waals surface area contributed by atoms with Gasteiger partial charge in [-0.2, -0.15) is 5.26 Å². The van der Waals surface area contributed by atoms with Gasteiger partial charge >= 0.3 is 12.3 Å². The van der Waals surface area contributed by atoms with E-state index in [-0.39, 0.29) is 0 Å². The highest BCUT2D eigenvalue weighted by atomic mass is 19.4. The van der Waals surface area contributed by atoms with Gasteiger partial charge in [-0.25, -0.2) is 9.78 Å². The number of pyridine rings is 1. The Morgan fingerprint density at radius 1 is 1.56 bits per heavy atom. The molecule has 0 bridgehead atoms. The van der Waals surface area contributed by atoms with Gasteiger partial charge in [0.25, 0.3) is 0 Å². The zero-order valence-electron chi connectivity index (χ0n) is 8.91. The van der Waals surface area contributed by atoms with E-state index >= 15 is 0 Å². The van der Waals surface area contributed by atoms with Crippen LogP contribution >= 0.6 is 0 Å².